The Balaban J connectivity index is 1.53. The Morgan fingerprint density at radius 3 is 2.63 bits per heavy atom. The number of carbonyl (C=O) groups excluding carboxylic acids is 1. The van der Waals surface area contributed by atoms with Gasteiger partial charge in [0.15, 0.2) is 11.0 Å². The molecule has 0 bridgehead atoms. The molecular weight excluding hydrogens is 456 g/mol. The van der Waals surface area contributed by atoms with Crippen molar-refractivity contribution in [3.63, 3.8) is 0 Å². The number of nitriles is 1. The number of para-hydroxylation sites is 3. The Hall–Kier alpha value is -4.35. The second-order valence-corrected chi connectivity index (χ2v) is 9.39. The van der Waals surface area contributed by atoms with E-state index in [0.29, 0.717) is 22.2 Å². The summed E-state index contributed by atoms with van der Waals surface area (Å²) in [5.41, 5.74) is 4.87. The minimum Gasteiger partial charge on any atom is -0.360 e. The summed E-state index contributed by atoms with van der Waals surface area (Å²) in [6, 6.07) is 25.1. The molecule has 1 atom stereocenters. The van der Waals surface area contributed by atoms with E-state index in [4.69, 9.17) is 0 Å². The maximum Gasteiger partial charge on any atom is 0.237 e. The summed E-state index contributed by atoms with van der Waals surface area (Å²) in [6.45, 7) is 3.86. The topological polar surface area (TPSA) is 99.4 Å². The van der Waals surface area contributed by atoms with Crippen LogP contribution in [-0.2, 0) is 4.79 Å². The molecule has 2 aromatic heterocycles. The van der Waals surface area contributed by atoms with Crippen LogP contribution >= 0.6 is 11.8 Å². The van der Waals surface area contributed by atoms with Gasteiger partial charge in [-0.3, -0.25) is 9.36 Å². The molecule has 2 N–H and O–H groups in total. The first-order valence-electron chi connectivity index (χ1n) is 11.1. The normalized spacial score (nSPS) is 11.8. The van der Waals surface area contributed by atoms with Gasteiger partial charge >= 0.3 is 0 Å². The fraction of sp³-hybridized carbons (Fsp3) is 0.111. The van der Waals surface area contributed by atoms with Gasteiger partial charge in [0.05, 0.1) is 22.2 Å². The highest BCUT2D eigenvalue weighted by molar-refractivity contribution is 8.00. The number of fused-ring (bicyclic) bond motifs is 1. The summed E-state index contributed by atoms with van der Waals surface area (Å²) in [4.78, 5) is 16.3. The number of hydrogen-bond donors (Lipinski definition) is 2. The lowest BCUT2D eigenvalue weighted by atomic mass is 10.1. The summed E-state index contributed by atoms with van der Waals surface area (Å²) in [5, 5.41) is 22.4. The third kappa shape index (κ3) is 4.29. The standard InChI is InChI=1S/C27H22N6OS/c1-17-9-3-8-14-24(17)33-25(21-16-29-23-13-7-5-11-20(21)23)31-32-27(33)35-18(2)26(34)30-22-12-6-4-10-19(22)15-28/h3-14,16,18,29H,1-2H3,(H,30,34). The molecule has 5 rings (SSSR count). The highest BCUT2D eigenvalue weighted by Gasteiger charge is 2.24. The maximum absolute atomic E-state index is 13.0. The molecule has 0 fully saturated rings. The number of hydrogen-bond acceptors (Lipinski definition) is 5. The summed E-state index contributed by atoms with van der Waals surface area (Å²) >= 11 is 1.32. The van der Waals surface area contributed by atoms with Crippen molar-refractivity contribution in [1.82, 2.24) is 19.7 Å². The van der Waals surface area contributed by atoms with Gasteiger partial charge in [0, 0.05) is 22.7 Å². The molecule has 1 amide bonds. The smallest absolute Gasteiger partial charge is 0.237 e. The molecule has 3 aromatic carbocycles. The van der Waals surface area contributed by atoms with Crippen LogP contribution in [0.3, 0.4) is 0 Å². The van der Waals surface area contributed by atoms with Crippen LogP contribution in [-0.4, -0.2) is 30.9 Å². The van der Waals surface area contributed by atoms with Crippen LogP contribution in [0.2, 0.25) is 0 Å². The Kier molecular flexibility index (Phi) is 6.08. The van der Waals surface area contributed by atoms with Gasteiger partial charge in [0.2, 0.25) is 5.91 Å². The van der Waals surface area contributed by atoms with E-state index in [1.165, 1.54) is 11.8 Å². The van der Waals surface area contributed by atoms with Gasteiger partial charge in [-0.1, -0.05) is 60.3 Å². The summed E-state index contributed by atoms with van der Waals surface area (Å²) in [6.07, 6.45) is 1.94. The van der Waals surface area contributed by atoms with Gasteiger partial charge in [-0.2, -0.15) is 5.26 Å². The molecule has 35 heavy (non-hydrogen) atoms. The predicted molar refractivity (Wildman–Crippen MR) is 138 cm³/mol. The maximum atomic E-state index is 13.0. The zero-order chi connectivity index (χ0) is 24.4. The zero-order valence-corrected chi connectivity index (χ0v) is 20.0. The van der Waals surface area contributed by atoms with Crippen LogP contribution in [0.15, 0.2) is 84.1 Å². The number of aromatic nitrogens is 4. The number of anilines is 1. The van der Waals surface area contributed by atoms with Crippen molar-refractivity contribution in [2.45, 2.75) is 24.3 Å². The van der Waals surface area contributed by atoms with Crippen LogP contribution < -0.4 is 5.32 Å². The molecule has 1 unspecified atom stereocenters. The molecule has 0 aliphatic carbocycles. The summed E-state index contributed by atoms with van der Waals surface area (Å²) < 4.78 is 2.00. The lowest BCUT2D eigenvalue weighted by molar-refractivity contribution is -0.115. The fourth-order valence-corrected chi connectivity index (χ4v) is 4.80. The van der Waals surface area contributed by atoms with Crippen molar-refractivity contribution in [3.8, 4) is 23.1 Å². The van der Waals surface area contributed by atoms with Gasteiger partial charge < -0.3 is 10.3 Å². The highest BCUT2D eigenvalue weighted by Crippen LogP contribution is 2.34. The van der Waals surface area contributed by atoms with Gasteiger partial charge in [-0.15, -0.1) is 10.2 Å². The van der Waals surface area contributed by atoms with Crippen molar-refractivity contribution in [3.05, 3.63) is 90.1 Å². The van der Waals surface area contributed by atoms with E-state index in [-0.39, 0.29) is 5.91 Å². The summed E-state index contributed by atoms with van der Waals surface area (Å²) in [7, 11) is 0. The van der Waals surface area contributed by atoms with Crippen molar-refractivity contribution >= 4 is 34.3 Å². The molecule has 0 spiro atoms. The van der Waals surface area contributed by atoms with Crippen LogP contribution in [0, 0.1) is 18.3 Å². The van der Waals surface area contributed by atoms with Crippen LogP contribution in [0.5, 0.6) is 0 Å². The molecular formula is C27H22N6OS. The predicted octanol–water partition coefficient (Wildman–Crippen LogP) is 5.72. The fourth-order valence-electron chi connectivity index (χ4n) is 3.94. The number of nitrogens with one attached hydrogen (secondary N) is 2. The van der Waals surface area contributed by atoms with Gasteiger partial charge in [-0.25, -0.2) is 0 Å². The number of thioether (sulfide) groups is 1. The first-order chi connectivity index (χ1) is 17.1. The minimum absolute atomic E-state index is 0.217. The second kappa shape index (κ2) is 9.49. The first-order valence-corrected chi connectivity index (χ1v) is 12.0. The summed E-state index contributed by atoms with van der Waals surface area (Å²) in [5.74, 6) is 0.479. The molecule has 7 nitrogen and oxygen atoms in total. The molecule has 0 saturated carbocycles. The lowest BCUT2D eigenvalue weighted by Gasteiger charge is -2.15. The monoisotopic (exact) mass is 478 g/mol. The first kappa shape index (κ1) is 22.4. The molecule has 2 heterocycles. The molecule has 172 valence electrons. The molecule has 0 saturated heterocycles. The van der Waals surface area contributed by atoms with Crippen LogP contribution in [0.1, 0.15) is 18.1 Å². The second-order valence-electron chi connectivity index (χ2n) is 8.08. The highest BCUT2D eigenvalue weighted by atomic mass is 32.2. The van der Waals surface area contributed by atoms with E-state index >= 15 is 0 Å². The Morgan fingerprint density at radius 1 is 1.06 bits per heavy atom. The van der Waals surface area contributed by atoms with Gasteiger partial charge in [0.25, 0.3) is 0 Å². The van der Waals surface area contributed by atoms with Gasteiger partial charge in [0.1, 0.15) is 6.07 Å². The average Bonchev–Trinajstić information content (AvgIpc) is 3.48. The van der Waals surface area contributed by atoms with E-state index in [1.807, 2.05) is 73.1 Å². The average molecular weight is 479 g/mol. The van der Waals surface area contributed by atoms with Gasteiger partial charge in [-0.05, 0) is 43.7 Å². The number of aryl methyl sites for hydroxylation is 1. The number of benzene rings is 3. The van der Waals surface area contributed by atoms with Crippen molar-refractivity contribution in [1.29, 1.82) is 5.26 Å². The van der Waals surface area contributed by atoms with Crippen LogP contribution in [0.4, 0.5) is 5.69 Å². The number of carbonyl (C=O) groups is 1. The Bertz CT molecular complexity index is 1580. The number of amides is 1. The van der Waals surface area contributed by atoms with Crippen molar-refractivity contribution in [2.24, 2.45) is 0 Å². The number of H-pyrrole nitrogens is 1. The molecule has 0 radical (unpaired) electrons. The third-order valence-electron chi connectivity index (χ3n) is 5.78. The van der Waals surface area contributed by atoms with Crippen LogP contribution in [0.25, 0.3) is 28.0 Å². The molecule has 0 aliphatic heterocycles. The number of aromatic amines is 1. The Labute approximate surface area is 206 Å². The van der Waals surface area contributed by atoms with E-state index in [0.717, 1.165) is 27.7 Å². The van der Waals surface area contributed by atoms with E-state index in [9.17, 15) is 10.1 Å². The Morgan fingerprint density at radius 2 is 1.80 bits per heavy atom. The van der Waals surface area contributed by atoms with Crippen molar-refractivity contribution in [2.75, 3.05) is 5.32 Å². The quantitative estimate of drug-likeness (QED) is 0.304. The van der Waals surface area contributed by atoms with E-state index < -0.39 is 5.25 Å². The number of rotatable bonds is 6. The SMILES string of the molecule is Cc1ccccc1-n1c(SC(C)C(=O)Nc2ccccc2C#N)nnc1-c1c[nH]c2ccccc12. The lowest BCUT2D eigenvalue weighted by Crippen LogP contribution is -2.23. The third-order valence-corrected chi connectivity index (χ3v) is 6.82. The van der Waals surface area contributed by atoms with E-state index in [2.05, 4.69) is 26.6 Å². The molecule has 5 aromatic rings. The molecule has 8 heteroatoms. The largest absolute Gasteiger partial charge is 0.360 e. The number of nitrogens with zero attached hydrogens (tertiary/aromatic N) is 4. The molecule has 0 aliphatic rings. The van der Waals surface area contributed by atoms with Crippen molar-refractivity contribution < 1.29 is 4.79 Å². The van der Waals surface area contributed by atoms with E-state index in [1.54, 1.807) is 24.3 Å². The zero-order valence-electron chi connectivity index (χ0n) is 19.2. The minimum atomic E-state index is -0.482.